The molecule has 0 radical (unpaired) electrons. The van der Waals surface area contributed by atoms with E-state index in [1.165, 1.54) is 6.07 Å². The number of rotatable bonds is 7. The topological polar surface area (TPSA) is 46.2 Å². The number of nitrogens with one attached hydrogen (secondary N) is 1. The van der Waals surface area contributed by atoms with Crippen molar-refractivity contribution in [1.29, 1.82) is 0 Å². The summed E-state index contributed by atoms with van der Waals surface area (Å²) in [6, 6.07) is 3.24. The third-order valence-electron chi connectivity index (χ3n) is 3.60. The van der Waals surface area contributed by atoms with Crippen molar-refractivity contribution in [3.63, 3.8) is 0 Å². The predicted octanol–water partition coefficient (Wildman–Crippen LogP) is 3.80. The Morgan fingerprint density at radius 1 is 1.30 bits per heavy atom. The first-order valence-electron chi connectivity index (χ1n) is 6.31. The van der Waals surface area contributed by atoms with Crippen LogP contribution in [0.25, 0.3) is 0 Å². The van der Waals surface area contributed by atoms with Crippen molar-refractivity contribution in [1.82, 2.24) is 4.72 Å². The van der Waals surface area contributed by atoms with Gasteiger partial charge in [-0.15, -0.1) is 11.6 Å². The molecule has 0 aromatic heterocycles. The lowest BCUT2D eigenvalue weighted by Crippen LogP contribution is -2.38. The summed E-state index contributed by atoms with van der Waals surface area (Å²) >= 11 is 11.8. The number of hydrogen-bond acceptors (Lipinski definition) is 2. The lowest BCUT2D eigenvalue weighted by molar-refractivity contribution is 0.304. The van der Waals surface area contributed by atoms with Crippen LogP contribution in [0.2, 0.25) is 5.02 Å². The van der Waals surface area contributed by atoms with Gasteiger partial charge in [-0.25, -0.2) is 17.5 Å². The first-order valence-corrected chi connectivity index (χ1v) is 8.70. The minimum absolute atomic E-state index is 0.0108. The van der Waals surface area contributed by atoms with Gasteiger partial charge in [-0.05, 0) is 36.5 Å². The fraction of sp³-hybridized carbons (Fsp3) is 0.538. The summed E-state index contributed by atoms with van der Waals surface area (Å²) in [5.41, 5.74) is -0.311. The van der Waals surface area contributed by atoms with E-state index < -0.39 is 15.8 Å². The first-order chi connectivity index (χ1) is 9.30. The third kappa shape index (κ3) is 4.07. The van der Waals surface area contributed by atoms with Crippen molar-refractivity contribution in [2.45, 2.75) is 31.6 Å². The Kier molecular flexibility index (Phi) is 6.25. The molecule has 0 unspecified atom stereocenters. The fourth-order valence-corrected chi connectivity index (χ4v) is 3.88. The fourth-order valence-electron chi connectivity index (χ4n) is 1.75. The quantitative estimate of drug-likeness (QED) is 0.766. The van der Waals surface area contributed by atoms with Crippen molar-refractivity contribution in [2.75, 3.05) is 12.4 Å². The number of hydrogen-bond donors (Lipinski definition) is 1. The summed E-state index contributed by atoms with van der Waals surface area (Å²) < 4.78 is 40.0. The third-order valence-corrected chi connectivity index (χ3v) is 6.05. The van der Waals surface area contributed by atoms with E-state index in [9.17, 15) is 12.8 Å². The molecule has 0 atom stereocenters. The summed E-state index contributed by atoms with van der Waals surface area (Å²) in [7, 11) is -3.86. The predicted molar refractivity (Wildman–Crippen MR) is 80.3 cm³/mol. The minimum atomic E-state index is -3.86. The molecule has 114 valence electrons. The number of sulfonamides is 1. The molecule has 3 nitrogen and oxygen atoms in total. The second-order valence-electron chi connectivity index (χ2n) is 4.74. The smallest absolute Gasteiger partial charge is 0.211 e. The lowest BCUT2D eigenvalue weighted by Gasteiger charge is -2.29. The van der Waals surface area contributed by atoms with E-state index in [2.05, 4.69) is 4.72 Å². The Morgan fingerprint density at radius 2 is 1.90 bits per heavy atom. The normalized spacial score (nSPS) is 12.7. The van der Waals surface area contributed by atoms with E-state index in [1.54, 1.807) is 0 Å². The molecule has 7 heteroatoms. The maximum Gasteiger partial charge on any atom is 0.242 e. The average Bonchev–Trinajstić information content (AvgIpc) is 2.43. The summed E-state index contributed by atoms with van der Waals surface area (Å²) in [5.74, 6) is -0.302. The van der Waals surface area contributed by atoms with Crippen molar-refractivity contribution < 1.29 is 12.8 Å². The monoisotopic (exact) mass is 341 g/mol. The lowest BCUT2D eigenvalue weighted by atomic mass is 9.85. The van der Waals surface area contributed by atoms with Crippen LogP contribution >= 0.6 is 23.2 Å². The van der Waals surface area contributed by atoms with Crippen LogP contribution in [0.15, 0.2) is 23.1 Å². The van der Waals surface area contributed by atoms with Gasteiger partial charge in [-0.3, -0.25) is 0 Å². The molecule has 0 aliphatic carbocycles. The zero-order valence-corrected chi connectivity index (χ0v) is 13.7. The van der Waals surface area contributed by atoms with Gasteiger partial charge in [0.05, 0.1) is 5.02 Å². The SMILES string of the molecule is CCC(CC)(CCl)CNS(=O)(=O)c1cc(F)ccc1Cl. The van der Waals surface area contributed by atoms with Gasteiger partial charge in [0.25, 0.3) is 0 Å². The summed E-state index contributed by atoms with van der Waals surface area (Å²) in [6.45, 7) is 4.10. The Labute approximate surface area is 129 Å². The van der Waals surface area contributed by atoms with Crippen molar-refractivity contribution in [3.05, 3.63) is 29.0 Å². The maximum absolute atomic E-state index is 13.2. The molecular formula is C13H18Cl2FNO2S. The highest BCUT2D eigenvalue weighted by Gasteiger charge is 2.28. The van der Waals surface area contributed by atoms with Crippen LogP contribution in [0.3, 0.4) is 0 Å². The van der Waals surface area contributed by atoms with Crippen molar-refractivity contribution >= 4 is 33.2 Å². The van der Waals surface area contributed by atoms with E-state index in [0.29, 0.717) is 5.88 Å². The van der Waals surface area contributed by atoms with Gasteiger partial charge in [0.2, 0.25) is 10.0 Å². The maximum atomic E-state index is 13.2. The zero-order chi connectivity index (χ0) is 15.4. The molecule has 0 amide bonds. The van der Waals surface area contributed by atoms with Crippen LogP contribution < -0.4 is 4.72 Å². The van der Waals surface area contributed by atoms with Crippen LogP contribution in [0.1, 0.15) is 26.7 Å². The second kappa shape index (κ2) is 7.07. The van der Waals surface area contributed by atoms with E-state index in [1.807, 2.05) is 13.8 Å². The summed E-state index contributed by atoms with van der Waals surface area (Å²) in [4.78, 5) is -0.255. The summed E-state index contributed by atoms with van der Waals surface area (Å²) in [6.07, 6.45) is 1.48. The molecule has 1 aromatic rings. The Bertz CT molecular complexity index is 551. The standard InChI is InChI=1S/C13H18Cl2FNO2S/c1-3-13(4-2,8-14)9-17-20(18,19)12-7-10(16)5-6-11(12)15/h5-7,17H,3-4,8-9H2,1-2H3. The van der Waals surface area contributed by atoms with Gasteiger partial charge >= 0.3 is 0 Å². The van der Waals surface area contributed by atoms with Gasteiger partial charge in [0.1, 0.15) is 10.7 Å². The molecule has 0 spiro atoms. The van der Waals surface area contributed by atoms with Crippen LogP contribution in [0.5, 0.6) is 0 Å². The van der Waals surface area contributed by atoms with E-state index in [4.69, 9.17) is 23.2 Å². The van der Waals surface area contributed by atoms with Gasteiger partial charge in [-0.1, -0.05) is 25.4 Å². The van der Waals surface area contributed by atoms with Crippen LogP contribution in [0, 0.1) is 11.2 Å². The molecule has 20 heavy (non-hydrogen) atoms. The Hall–Kier alpha value is -0.360. The Balaban J connectivity index is 2.98. The second-order valence-corrected chi connectivity index (χ2v) is 7.15. The molecule has 1 N–H and O–H groups in total. The Morgan fingerprint density at radius 3 is 2.40 bits per heavy atom. The largest absolute Gasteiger partial charge is 0.242 e. The minimum Gasteiger partial charge on any atom is -0.211 e. The molecule has 1 rings (SSSR count). The van der Waals surface area contributed by atoms with E-state index >= 15 is 0 Å². The molecule has 0 aliphatic heterocycles. The molecule has 0 saturated carbocycles. The molecule has 0 heterocycles. The van der Waals surface area contributed by atoms with Crippen LogP contribution in [-0.4, -0.2) is 20.8 Å². The molecule has 0 saturated heterocycles. The molecule has 0 aliphatic rings. The number of halogens is 3. The van der Waals surface area contributed by atoms with Crippen molar-refractivity contribution in [2.24, 2.45) is 5.41 Å². The van der Waals surface area contributed by atoms with Gasteiger partial charge in [0, 0.05) is 12.4 Å². The summed E-state index contributed by atoms with van der Waals surface area (Å²) in [5, 5.41) is -0.0108. The molecule has 0 fully saturated rings. The first kappa shape index (κ1) is 17.7. The van der Waals surface area contributed by atoms with Crippen LogP contribution in [0.4, 0.5) is 4.39 Å². The average molecular weight is 342 g/mol. The van der Waals surface area contributed by atoms with Gasteiger partial charge < -0.3 is 0 Å². The van der Waals surface area contributed by atoms with Gasteiger partial charge in [-0.2, -0.15) is 0 Å². The van der Waals surface area contributed by atoms with Crippen molar-refractivity contribution in [3.8, 4) is 0 Å². The highest BCUT2D eigenvalue weighted by Crippen LogP contribution is 2.28. The van der Waals surface area contributed by atoms with Gasteiger partial charge in [0.15, 0.2) is 0 Å². The van der Waals surface area contributed by atoms with E-state index in [-0.39, 0.29) is 21.9 Å². The molecule has 1 aromatic carbocycles. The highest BCUT2D eigenvalue weighted by molar-refractivity contribution is 7.89. The number of benzene rings is 1. The highest BCUT2D eigenvalue weighted by atomic mass is 35.5. The zero-order valence-electron chi connectivity index (χ0n) is 11.4. The van der Waals surface area contributed by atoms with E-state index in [0.717, 1.165) is 25.0 Å². The molecule has 0 bridgehead atoms. The number of alkyl halides is 1. The molecular weight excluding hydrogens is 324 g/mol. The van der Waals surface area contributed by atoms with Crippen LogP contribution in [-0.2, 0) is 10.0 Å².